The molecule has 0 unspecified atom stereocenters. The standard InChI is InChI=1S/C12H15N3O5/c1-13-12-11-7(14-4-15-12)5(3-19-11)10-9(18)8(17)6(2-16)20-10/h3-4,6,8-10,16-18H,2H2,1H3,(H,13,14,15)/t6-,8-,9-,10+/m1/s1. The molecule has 0 aromatic carbocycles. The summed E-state index contributed by atoms with van der Waals surface area (Å²) >= 11 is 0. The lowest BCUT2D eigenvalue weighted by Gasteiger charge is -2.12. The molecule has 0 saturated carbocycles. The van der Waals surface area contributed by atoms with Crippen LogP contribution in [0.4, 0.5) is 5.82 Å². The molecular weight excluding hydrogens is 266 g/mol. The van der Waals surface area contributed by atoms with E-state index in [1.807, 2.05) is 0 Å². The average Bonchev–Trinajstić information content (AvgIpc) is 3.01. The van der Waals surface area contributed by atoms with Gasteiger partial charge in [0.15, 0.2) is 11.4 Å². The van der Waals surface area contributed by atoms with E-state index in [2.05, 4.69) is 15.3 Å². The summed E-state index contributed by atoms with van der Waals surface area (Å²) in [7, 11) is 1.70. The van der Waals surface area contributed by atoms with E-state index in [1.165, 1.54) is 12.6 Å². The Hall–Kier alpha value is -1.74. The van der Waals surface area contributed by atoms with E-state index in [0.29, 0.717) is 22.5 Å². The molecule has 4 atom stereocenters. The first kappa shape index (κ1) is 13.3. The Morgan fingerprint density at radius 2 is 2.10 bits per heavy atom. The molecule has 4 N–H and O–H groups in total. The van der Waals surface area contributed by atoms with Crippen molar-refractivity contribution in [3.8, 4) is 0 Å². The summed E-state index contributed by atoms with van der Waals surface area (Å²) in [6, 6.07) is 0. The van der Waals surface area contributed by atoms with Crippen LogP contribution in [0.25, 0.3) is 11.1 Å². The molecule has 20 heavy (non-hydrogen) atoms. The molecular formula is C12H15N3O5. The van der Waals surface area contributed by atoms with Crippen LogP contribution in [0, 0.1) is 0 Å². The van der Waals surface area contributed by atoms with Gasteiger partial charge in [0.05, 0.1) is 12.9 Å². The molecule has 8 heteroatoms. The highest BCUT2D eigenvalue weighted by Crippen LogP contribution is 2.38. The van der Waals surface area contributed by atoms with Gasteiger partial charge in [0.2, 0.25) is 0 Å². The Morgan fingerprint density at radius 1 is 1.30 bits per heavy atom. The van der Waals surface area contributed by atoms with Gasteiger partial charge in [-0.1, -0.05) is 0 Å². The van der Waals surface area contributed by atoms with Crippen LogP contribution in [0.1, 0.15) is 11.7 Å². The van der Waals surface area contributed by atoms with Crippen molar-refractivity contribution >= 4 is 16.9 Å². The van der Waals surface area contributed by atoms with E-state index in [0.717, 1.165) is 0 Å². The number of hydrogen-bond donors (Lipinski definition) is 4. The summed E-state index contributed by atoms with van der Waals surface area (Å²) in [5.74, 6) is 0.521. The number of nitrogens with one attached hydrogen (secondary N) is 1. The zero-order chi connectivity index (χ0) is 14.3. The summed E-state index contributed by atoms with van der Waals surface area (Å²) in [4.78, 5) is 8.15. The fraction of sp³-hybridized carbons (Fsp3) is 0.500. The third kappa shape index (κ3) is 1.85. The van der Waals surface area contributed by atoms with E-state index >= 15 is 0 Å². The number of ether oxygens (including phenoxy) is 1. The van der Waals surface area contributed by atoms with Crippen LogP contribution < -0.4 is 5.32 Å². The minimum atomic E-state index is -1.15. The van der Waals surface area contributed by atoms with Crippen molar-refractivity contribution in [2.45, 2.75) is 24.4 Å². The van der Waals surface area contributed by atoms with Crippen LogP contribution in [-0.4, -0.2) is 57.3 Å². The van der Waals surface area contributed by atoms with E-state index in [9.17, 15) is 10.2 Å². The summed E-state index contributed by atoms with van der Waals surface area (Å²) < 4.78 is 10.9. The number of furan rings is 1. The quantitative estimate of drug-likeness (QED) is 0.589. The fourth-order valence-corrected chi connectivity index (χ4v) is 2.41. The molecule has 108 valence electrons. The van der Waals surface area contributed by atoms with Crippen molar-refractivity contribution in [2.24, 2.45) is 0 Å². The number of nitrogens with zero attached hydrogens (tertiary/aromatic N) is 2. The van der Waals surface area contributed by atoms with E-state index in [4.69, 9.17) is 14.3 Å². The van der Waals surface area contributed by atoms with Gasteiger partial charge in [0.25, 0.3) is 0 Å². The lowest BCUT2D eigenvalue weighted by Crippen LogP contribution is -2.32. The smallest absolute Gasteiger partial charge is 0.194 e. The van der Waals surface area contributed by atoms with Crippen LogP contribution in [0.15, 0.2) is 17.0 Å². The first-order chi connectivity index (χ1) is 9.67. The first-order valence-electron chi connectivity index (χ1n) is 6.19. The average molecular weight is 281 g/mol. The molecule has 0 amide bonds. The molecule has 1 aliphatic heterocycles. The molecule has 1 saturated heterocycles. The number of aromatic nitrogens is 2. The van der Waals surface area contributed by atoms with Crippen LogP contribution in [-0.2, 0) is 4.74 Å². The largest absolute Gasteiger partial charge is 0.458 e. The maximum absolute atomic E-state index is 10.0. The van der Waals surface area contributed by atoms with Crippen molar-refractivity contribution in [2.75, 3.05) is 19.0 Å². The van der Waals surface area contributed by atoms with Gasteiger partial charge in [-0.05, 0) is 0 Å². The van der Waals surface area contributed by atoms with Crippen molar-refractivity contribution in [3.05, 3.63) is 18.2 Å². The first-order valence-corrected chi connectivity index (χ1v) is 6.19. The molecule has 0 radical (unpaired) electrons. The van der Waals surface area contributed by atoms with Crippen molar-refractivity contribution in [3.63, 3.8) is 0 Å². The Labute approximate surface area is 114 Å². The molecule has 3 rings (SSSR count). The summed E-state index contributed by atoms with van der Waals surface area (Å²) in [6.45, 7) is -0.374. The maximum atomic E-state index is 10.0. The van der Waals surface area contributed by atoms with Crippen LogP contribution >= 0.6 is 0 Å². The van der Waals surface area contributed by atoms with Crippen molar-refractivity contribution in [1.29, 1.82) is 0 Å². The van der Waals surface area contributed by atoms with Gasteiger partial charge in [-0.2, -0.15) is 0 Å². The lowest BCUT2D eigenvalue weighted by atomic mass is 10.0. The maximum Gasteiger partial charge on any atom is 0.194 e. The second-order valence-electron chi connectivity index (χ2n) is 4.60. The summed E-state index contributed by atoms with van der Waals surface area (Å²) in [5, 5.41) is 31.8. The zero-order valence-corrected chi connectivity index (χ0v) is 10.7. The number of aliphatic hydroxyl groups excluding tert-OH is 3. The van der Waals surface area contributed by atoms with E-state index < -0.39 is 24.4 Å². The number of fused-ring (bicyclic) bond motifs is 1. The van der Waals surface area contributed by atoms with Crippen molar-refractivity contribution < 1.29 is 24.5 Å². The second-order valence-corrected chi connectivity index (χ2v) is 4.60. The molecule has 0 bridgehead atoms. The summed E-state index contributed by atoms with van der Waals surface area (Å²) in [5.41, 5.74) is 1.46. The molecule has 2 aromatic rings. The van der Waals surface area contributed by atoms with E-state index in [-0.39, 0.29) is 6.61 Å². The Morgan fingerprint density at radius 3 is 2.75 bits per heavy atom. The molecule has 1 aliphatic rings. The predicted molar refractivity (Wildman–Crippen MR) is 68.1 cm³/mol. The molecule has 3 heterocycles. The topological polar surface area (TPSA) is 121 Å². The molecule has 8 nitrogen and oxygen atoms in total. The number of rotatable bonds is 3. The number of anilines is 1. The lowest BCUT2D eigenvalue weighted by molar-refractivity contribution is -0.0226. The highest BCUT2D eigenvalue weighted by Gasteiger charge is 2.44. The van der Waals surface area contributed by atoms with Gasteiger partial charge in [-0.15, -0.1) is 0 Å². The Bertz CT molecular complexity index is 616. The van der Waals surface area contributed by atoms with Gasteiger partial charge < -0.3 is 29.8 Å². The molecule has 0 aliphatic carbocycles. The minimum Gasteiger partial charge on any atom is -0.458 e. The molecule has 0 spiro atoms. The van der Waals surface area contributed by atoms with E-state index in [1.54, 1.807) is 7.05 Å². The fourth-order valence-electron chi connectivity index (χ4n) is 2.41. The minimum absolute atomic E-state index is 0.374. The predicted octanol–water partition coefficient (Wildman–Crippen LogP) is -0.582. The van der Waals surface area contributed by atoms with Gasteiger partial charge in [0.1, 0.15) is 36.3 Å². The number of hydrogen-bond acceptors (Lipinski definition) is 8. The SMILES string of the molecule is CNc1ncnc2c([C@@H]3O[C@H](CO)[C@@H](O)[C@H]3O)coc12. The third-order valence-corrected chi connectivity index (χ3v) is 3.47. The van der Waals surface area contributed by atoms with Crippen LogP contribution in [0.2, 0.25) is 0 Å². The molecule has 1 fully saturated rings. The monoisotopic (exact) mass is 281 g/mol. The highest BCUT2D eigenvalue weighted by molar-refractivity contribution is 5.86. The zero-order valence-electron chi connectivity index (χ0n) is 10.7. The third-order valence-electron chi connectivity index (χ3n) is 3.47. The number of aliphatic hydroxyl groups is 3. The Kier molecular flexibility index (Phi) is 3.30. The van der Waals surface area contributed by atoms with Crippen LogP contribution in [0.3, 0.4) is 0 Å². The normalized spacial score (nSPS) is 30.0. The van der Waals surface area contributed by atoms with Gasteiger partial charge in [0, 0.05) is 12.6 Å². The highest BCUT2D eigenvalue weighted by atomic mass is 16.6. The molecule has 2 aromatic heterocycles. The summed E-state index contributed by atoms with van der Waals surface area (Å²) in [6.07, 6.45) is -1.15. The Balaban J connectivity index is 2.03. The van der Waals surface area contributed by atoms with Crippen LogP contribution in [0.5, 0.6) is 0 Å². The van der Waals surface area contributed by atoms with Gasteiger partial charge in [-0.3, -0.25) is 0 Å². The van der Waals surface area contributed by atoms with Gasteiger partial charge >= 0.3 is 0 Å². The van der Waals surface area contributed by atoms with Gasteiger partial charge in [-0.25, -0.2) is 9.97 Å². The van der Waals surface area contributed by atoms with Crippen molar-refractivity contribution in [1.82, 2.24) is 9.97 Å². The second kappa shape index (κ2) is 4.98.